The summed E-state index contributed by atoms with van der Waals surface area (Å²) in [5, 5.41) is 48.2. The minimum absolute atomic E-state index is 0.0287. The predicted molar refractivity (Wildman–Crippen MR) is 207 cm³/mol. The van der Waals surface area contributed by atoms with E-state index in [1.165, 1.54) is 0 Å². The Balaban J connectivity index is 1.31. The highest BCUT2D eigenvalue weighted by Gasteiger charge is 2.25. The van der Waals surface area contributed by atoms with Crippen LogP contribution in [0.4, 0.5) is 0 Å². The fourth-order valence-electron chi connectivity index (χ4n) is 8.07. The van der Waals surface area contributed by atoms with Gasteiger partial charge in [0.15, 0.2) is 0 Å². The Morgan fingerprint density at radius 3 is 1.72 bits per heavy atom. The van der Waals surface area contributed by atoms with Crippen molar-refractivity contribution in [3.63, 3.8) is 0 Å². The number of nitrogens with zero attached hydrogens (tertiary/aromatic N) is 6. The Morgan fingerprint density at radius 2 is 1.06 bits per heavy atom. The summed E-state index contributed by atoms with van der Waals surface area (Å²) < 4.78 is 10.6. The minimum atomic E-state index is -0.0287. The molecule has 10 rings (SSSR count). The molecule has 7 nitrogen and oxygen atoms in total. The fourth-order valence-corrected chi connectivity index (χ4v) is 8.07. The second-order valence-electron chi connectivity index (χ2n) is 12.9. The van der Waals surface area contributed by atoms with Gasteiger partial charge < -0.3 is 13.6 Å². The third-order valence-electron chi connectivity index (χ3n) is 10.3. The van der Waals surface area contributed by atoms with Crippen molar-refractivity contribution in [1.82, 2.24) is 9.13 Å². The van der Waals surface area contributed by atoms with E-state index in [9.17, 15) is 21.0 Å². The molecule has 0 atom stereocenters. The lowest BCUT2D eigenvalue weighted by Crippen LogP contribution is -2.04. The van der Waals surface area contributed by atoms with E-state index in [4.69, 9.17) is 4.42 Å². The van der Waals surface area contributed by atoms with Crippen molar-refractivity contribution in [3.8, 4) is 46.8 Å². The van der Waals surface area contributed by atoms with Crippen LogP contribution in [0.25, 0.3) is 88.1 Å². The second-order valence-corrected chi connectivity index (χ2v) is 12.9. The van der Waals surface area contributed by atoms with Gasteiger partial charge in [0.05, 0.1) is 61.5 Å². The van der Waals surface area contributed by atoms with Gasteiger partial charge in [0.25, 0.3) is 0 Å². The molecule has 3 aromatic heterocycles. The van der Waals surface area contributed by atoms with Crippen molar-refractivity contribution in [3.05, 3.63) is 156 Å². The molecule has 0 aliphatic heterocycles. The zero-order valence-corrected chi connectivity index (χ0v) is 27.8. The largest absolute Gasteiger partial charge is 0.455 e. The molecule has 7 aromatic carbocycles. The summed E-state index contributed by atoms with van der Waals surface area (Å²) in [7, 11) is 0. The number of benzene rings is 7. The zero-order valence-electron chi connectivity index (χ0n) is 27.8. The first-order valence-corrected chi connectivity index (χ1v) is 16.9. The van der Waals surface area contributed by atoms with Crippen molar-refractivity contribution >= 4 is 65.6 Å². The third kappa shape index (κ3) is 4.11. The van der Waals surface area contributed by atoms with Crippen LogP contribution in [-0.4, -0.2) is 9.13 Å². The average Bonchev–Trinajstić information content (AvgIpc) is 3.87. The molecular weight excluding hydrogens is 653 g/mol. The lowest BCUT2D eigenvalue weighted by Gasteiger charge is -2.17. The van der Waals surface area contributed by atoms with E-state index >= 15 is 0 Å². The molecule has 0 aliphatic carbocycles. The zero-order chi connectivity index (χ0) is 35.8. The van der Waals surface area contributed by atoms with Gasteiger partial charge in [-0.3, -0.25) is 0 Å². The number of hydrogen-bond acceptors (Lipinski definition) is 5. The molecular formula is C46H22N6O. The predicted octanol–water partition coefficient (Wildman–Crippen LogP) is 10.9. The van der Waals surface area contributed by atoms with E-state index in [-0.39, 0.29) is 16.7 Å². The topological polar surface area (TPSA) is 118 Å². The van der Waals surface area contributed by atoms with Crippen molar-refractivity contribution < 1.29 is 4.42 Å². The molecule has 242 valence electrons. The van der Waals surface area contributed by atoms with Gasteiger partial charge in [0.2, 0.25) is 0 Å². The Morgan fingerprint density at radius 1 is 0.453 bits per heavy atom. The van der Waals surface area contributed by atoms with Crippen LogP contribution in [0, 0.1) is 45.3 Å². The van der Waals surface area contributed by atoms with Gasteiger partial charge in [-0.05, 0) is 66.2 Å². The molecule has 0 saturated carbocycles. The van der Waals surface area contributed by atoms with Gasteiger partial charge in [-0.1, -0.05) is 72.8 Å². The highest BCUT2D eigenvalue weighted by atomic mass is 16.3. The number of rotatable bonds is 3. The number of nitriles is 4. The van der Waals surface area contributed by atoms with Gasteiger partial charge in [-0.25, -0.2) is 0 Å². The molecule has 0 amide bonds. The van der Waals surface area contributed by atoms with Crippen molar-refractivity contribution in [2.24, 2.45) is 0 Å². The molecule has 0 saturated heterocycles. The average molecular weight is 675 g/mol. The molecule has 0 radical (unpaired) electrons. The lowest BCUT2D eigenvalue weighted by atomic mass is 9.90. The highest BCUT2D eigenvalue weighted by Crippen LogP contribution is 2.43. The summed E-state index contributed by atoms with van der Waals surface area (Å²) in [6.07, 6.45) is 0. The smallest absolute Gasteiger partial charge is 0.145 e. The first kappa shape index (κ1) is 29.8. The van der Waals surface area contributed by atoms with Crippen LogP contribution in [0.1, 0.15) is 22.3 Å². The first-order valence-electron chi connectivity index (χ1n) is 16.9. The number of hydrogen-bond donors (Lipinski definition) is 0. The van der Waals surface area contributed by atoms with Crippen LogP contribution >= 0.6 is 0 Å². The van der Waals surface area contributed by atoms with E-state index in [1.807, 2.05) is 114 Å². The van der Waals surface area contributed by atoms with Gasteiger partial charge >= 0.3 is 0 Å². The highest BCUT2D eigenvalue weighted by molar-refractivity contribution is 6.24. The van der Waals surface area contributed by atoms with Crippen LogP contribution in [-0.2, 0) is 0 Å². The number of aromatic nitrogens is 2. The van der Waals surface area contributed by atoms with E-state index in [0.29, 0.717) is 22.4 Å². The SMILES string of the molecule is N#Cc1cc(-c2cc(-n3c4ccccc4c4c5oc6ccccc6c5ccc43)c(C#N)c(C#N)c2C#N)cc(-n2c3ccccc3c3ccccc32)c1. The molecule has 0 N–H and O–H groups in total. The Labute approximate surface area is 301 Å². The summed E-state index contributed by atoms with van der Waals surface area (Å²) in [4.78, 5) is 0. The molecule has 0 bridgehead atoms. The summed E-state index contributed by atoms with van der Waals surface area (Å²) >= 11 is 0. The molecule has 0 fully saturated rings. The molecule has 3 heterocycles. The van der Waals surface area contributed by atoms with Crippen molar-refractivity contribution in [1.29, 1.82) is 21.0 Å². The summed E-state index contributed by atoms with van der Waals surface area (Å²) in [6, 6.07) is 52.4. The van der Waals surface area contributed by atoms with Crippen LogP contribution in [0.15, 0.2) is 138 Å². The van der Waals surface area contributed by atoms with E-state index in [1.54, 1.807) is 12.1 Å². The van der Waals surface area contributed by atoms with E-state index in [2.05, 4.69) is 41.0 Å². The third-order valence-corrected chi connectivity index (χ3v) is 10.3. The van der Waals surface area contributed by atoms with Gasteiger partial charge in [-0.2, -0.15) is 21.0 Å². The molecule has 0 aliphatic rings. The quantitative estimate of drug-likeness (QED) is 0.185. The first-order chi connectivity index (χ1) is 26.1. The maximum Gasteiger partial charge on any atom is 0.145 e. The maximum atomic E-state index is 10.7. The number of para-hydroxylation sites is 4. The molecule has 53 heavy (non-hydrogen) atoms. The van der Waals surface area contributed by atoms with Crippen LogP contribution in [0.5, 0.6) is 0 Å². The van der Waals surface area contributed by atoms with Gasteiger partial charge in [0.1, 0.15) is 29.4 Å². The van der Waals surface area contributed by atoms with E-state index in [0.717, 1.165) is 71.2 Å². The van der Waals surface area contributed by atoms with Crippen molar-refractivity contribution in [2.45, 2.75) is 0 Å². The summed E-state index contributed by atoms with van der Waals surface area (Å²) in [6.45, 7) is 0. The number of fused-ring (bicyclic) bond motifs is 10. The maximum absolute atomic E-state index is 10.7. The number of furan rings is 1. The van der Waals surface area contributed by atoms with Gasteiger partial charge in [0, 0.05) is 38.2 Å². The van der Waals surface area contributed by atoms with Crippen LogP contribution in [0.3, 0.4) is 0 Å². The molecule has 7 heteroatoms. The normalized spacial score (nSPS) is 11.3. The Bertz CT molecular complexity index is 3350. The Hall–Kier alpha value is -8.10. The second kappa shape index (κ2) is 11.2. The van der Waals surface area contributed by atoms with Crippen molar-refractivity contribution in [2.75, 3.05) is 0 Å². The molecule has 10 aromatic rings. The Kier molecular flexibility index (Phi) is 6.30. The summed E-state index contributed by atoms with van der Waals surface area (Å²) in [5.74, 6) is 0. The molecule has 0 unspecified atom stereocenters. The molecule has 0 spiro atoms. The van der Waals surface area contributed by atoms with Gasteiger partial charge in [-0.15, -0.1) is 0 Å². The fraction of sp³-hybridized carbons (Fsp3) is 0. The summed E-state index contributed by atoms with van der Waals surface area (Å²) in [5.41, 5.74) is 7.71. The monoisotopic (exact) mass is 674 g/mol. The van der Waals surface area contributed by atoms with Crippen LogP contribution < -0.4 is 0 Å². The standard InChI is InChI=1S/C46H22N6O/c47-23-27-19-28(21-29(20-27)51-39-13-5-1-9-30(39)31-10-2-6-14-40(31)51)35-22-43(38(26-50)37(25-49)36(35)24-48)52-41-15-7-3-12-34(41)45-42(52)18-17-33-32-11-4-8-16-44(32)53-46(33)45/h1-22H. The minimum Gasteiger partial charge on any atom is -0.455 e. The van der Waals surface area contributed by atoms with Crippen LogP contribution in [0.2, 0.25) is 0 Å². The lowest BCUT2D eigenvalue weighted by molar-refractivity contribution is 0.673. The van der Waals surface area contributed by atoms with E-state index < -0.39 is 0 Å².